The van der Waals surface area contributed by atoms with Crippen LogP contribution in [0.1, 0.15) is 40.2 Å². The number of phenols is 2. The molecule has 0 aliphatic carbocycles. The number of phenolic OH excluding ortho intramolecular Hbond substituents is 2. The van der Waals surface area contributed by atoms with Crippen LogP contribution >= 0.6 is 0 Å². The van der Waals surface area contributed by atoms with Gasteiger partial charge in [-0.15, -0.1) is 10.2 Å². The van der Waals surface area contributed by atoms with Crippen LogP contribution in [0.15, 0.2) is 83.0 Å². The highest BCUT2D eigenvalue weighted by Gasteiger charge is 2.27. The predicted octanol–water partition coefficient (Wildman–Crippen LogP) is 5.16. The monoisotopic (exact) mass is 627 g/mol. The predicted molar refractivity (Wildman–Crippen MR) is 173 cm³/mol. The van der Waals surface area contributed by atoms with Crippen molar-refractivity contribution in [2.75, 3.05) is 0 Å². The van der Waals surface area contributed by atoms with Gasteiger partial charge >= 0.3 is 6.09 Å². The van der Waals surface area contributed by atoms with Gasteiger partial charge in [0.1, 0.15) is 35.2 Å². The van der Waals surface area contributed by atoms with E-state index in [2.05, 4.69) is 26.2 Å². The topological polar surface area (TPSA) is 179 Å². The second-order valence-corrected chi connectivity index (χ2v) is 11.8. The van der Waals surface area contributed by atoms with Crippen molar-refractivity contribution in [1.29, 1.82) is 0 Å². The number of carbonyl (C=O) groups is 4. The number of hydrogen-bond acceptors (Lipinski definition) is 8. The summed E-state index contributed by atoms with van der Waals surface area (Å²) in [6.45, 7) is 7.95. The maximum absolute atomic E-state index is 13.4. The molecule has 240 valence electrons. The molecule has 0 saturated heterocycles. The Kier molecular flexibility index (Phi) is 10.2. The van der Waals surface area contributed by atoms with Crippen LogP contribution in [0.4, 0.5) is 10.5 Å². The number of carbonyl (C=O) groups excluding carboxylic acids is 4. The quantitative estimate of drug-likeness (QED) is 0.0966. The first kappa shape index (κ1) is 33.4. The van der Waals surface area contributed by atoms with Crippen molar-refractivity contribution in [2.24, 2.45) is 10.2 Å². The Bertz CT molecular complexity index is 1800. The summed E-state index contributed by atoms with van der Waals surface area (Å²) in [4.78, 5) is 51.3. The summed E-state index contributed by atoms with van der Waals surface area (Å²) in [5.41, 5.74) is 0.124. The molecule has 0 saturated carbocycles. The zero-order chi connectivity index (χ0) is 33.6. The number of ether oxygens (including phenoxy) is 1. The third-order valence-corrected chi connectivity index (χ3v) is 7.00. The number of benzene rings is 4. The highest BCUT2D eigenvalue weighted by molar-refractivity contribution is 6.14. The van der Waals surface area contributed by atoms with Crippen LogP contribution in [0, 0.1) is 0 Å². The number of nitrogens with one attached hydrogen (secondary N) is 3. The van der Waals surface area contributed by atoms with E-state index in [1.54, 1.807) is 87.5 Å². The Morgan fingerprint density at radius 2 is 1.30 bits per heavy atom. The fourth-order valence-electron chi connectivity index (χ4n) is 4.72. The number of aromatic hydroxyl groups is 2. The molecule has 0 aliphatic heterocycles. The van der Waals surface area contributed by atoms with Crippen molar-refractivity contribution in [2.45, 2.75) is 64.8 Å². The van der Waals surface area contributed by atoms with Crippen LogP contribution in [-0.4, -0.2) is 57.8 Å². The van der Waals surface area contributed by atoms with Gasteiger partial charge in [0.15, 0.2) is 0 Å². The number of azo groups is 1. The number of rotatable bonds is 9. The number of hydrogen-bond donors (Lipinski definition) is 5. The molecule has 0 unspecified atom stereocenters. The van der Waals surface area contributed by atoms with Gasteiger partial charge in [-0.1, -0.05) is 66.7 Å². The molecular formula is C34H37N5O7. The smallest absolute Gasteiger partial charge is 0.408 e. The maximum atomic E-state index is 13.4. The minimum atomic E-state index is -1.16. The van der Waals surface area contributed by atoms with Crippen molar-refractivity contribution in [1.82, 2.24) is 16.0 Å². The molecule has 3 atom stereocenters. The lowest BCUT2D eigenvalue weighted by atomic mass is 9.99. The van der Waals surface area contributed by atoms with Crippen LogP contribution in [0.25, 0.3) is 21.5 Å². The summed E-state index contributed by atoms with van der Waals surface area (Å²) in [5.74, 6) is -2.25. The van der Waals surface area contributed by atoms with Gasteiger partial charge in [-0.2, -0.15) is 0 Å². The lowest BCUT2D eigenvalue weighted by molar-refractivity contribution is -0.131. The molecule has 4 aromatic carbocycles. The van der Waals surface area contributed by atoms with Crippen LogP contribution in [-0.2, 0) is 25.5 Å². The molecular weight excluding hydrogens is 590 g/mol. The van der Waals surface area contributed by atoms with Gasteiger partial charge in [-0.05, 0) is 46.2 Å². The van der Waals surface area contributed by atoms with E-state index in [-0.39, 0.29) is 29.0 Å². The van der Waals surface area contributed by atoms with E-state index >= 15 is 0 Å². The normalized spacial score (nSPS) is 13.6. The number of fused-ring (bicyclic) bond motifs is 2. The second kappa shape index (κ2) is 14.1. The number of alkyl carbamates (subject to hydrolysis) is 1. The highest BCUT2D eigenvalue weighted by Crippen LogP contribution is 2.45. The van der Waals surface area contributed by atoms with Crippen molar-refractivity contribution in [3.63, 3.8) is 0 Å². The van der Waals surface area contributed by atoms with E-state index in [9.17, 15) is 29.4 Å². The summed E-state index contributed by atoms with van der Waals surface area (Å²) >= 11 is 0. The fourth-order valence-corrected chi connectivity index (χ4v) is 4.72. The summed E-state index contributed by atoms with van der Waals surface area (Å²) in [6, 6.07) is 17.3. The van der Waals surface area contributed by atoms with E-state index in [0.29, 0.717) is 16.2 Å². The molecule has 4 rings (SSSR count). The molecule has 4 aromatic rings. The average Bonchev–Trinajstić information content (AvgIpc) is 3.01. The Hall–Kier alpha value is -5.52. The molecule has 0 aliphatic rings. The van der Waals surface area contributed by atoms with Crippen LogP contribution in [0.3, 0.4) is 0 Å². The maximum Gasteiger partial charge on any atom is 0.408 e. The molecule has 0 radical (unpaired) electrons. The lowest BCUT2D eigenvalue weighted by Gasteiger charge is -2.23. The minimum absolute atomic E-state index is 0.0485. The Morgan fingerprint density at radius 3 is 1.96 bits per heavy atom. The van der Waals surface area contributed by atoms with E-state index in [4.69, 9.17) is 4.74 Å². The highest BCUT2D eigenvalue weighted by atomic mass is 16.6. The minimum Gasteiger partial charge on any atom is -0.507 e. The standard InChI is InChI=1S/C34H37N5O7/c1-19(35-30(42)20(2)36-33(45)46-34(3,4)5)31(43)37-26(18-21-12-7-6-8-13-21)32(44)39-38-25-17-11-16-24-27(25)29(41)23-15-10-9-14-22(23)28(24)40/h6-17,19-20,26,40-41H,18H2,1-5H3,(H,35,42)(H,36,45)(H,37,43)/t19-,20-,26-/m0/s1. The molecule has 0 fully saturated rings. The van der Waals surface area contributed by atoms with Gasteiger partial charge in [0.05, 0.1) is 11.1 Å². The zero-order valence-electron chi connectivity index (χ0n) is 26.2. The average molecular weight is 628 g/mol. The van der Waals surface area contributed by atoms with Crippen LogP contribution in [0.2, 0.25) is 0 Å². The summed E-state index contributed by atoms with van der Waals surface area (Å²) in [6.07, 6.45) is -0.706. The molecule has 4 amide bonds. The summed E-state index contributed by atoms with van der Waals surface area (Å²) < 4.78 is 5.16. The molecule has 0 heterocycles. The first-order valence-corrected chi connectivity index (χ1v) is 14.7. The molecule has 12 heteroatoms. The Balaban J connectivity index is 1.53. The Morgan fingerprint density at radius 1 is 0.739 bits per heavy atom. The number of amides is 4. The van der Waals surface area contributed by atoms with E-state index in [1.165, 1.54) is 13.8 Å². The van der Waals surface area contributed by atoms with Crippen molar-refractivity contribution >= 4 is 51.0 Å². The first-order chi connectivity index (χ1) is 21.7. The van der Waals surface area contributed by atoms with Gasteiger partial charge in [0.25, 0.3) is 5.91 Å². The molecule has 12 nitrogen and oxygen atoms in total. The van der Waals surface area contributed by atoms with Gasteiger partial charge in [0.2, 0.25) is 11.8 Å². The second-order valence-electron chi connectivity index (χ2n) is 11.8. The summed E-state index contributed by atoms with van der Waals surface area (Å²) in [7, 11) is 0. The third-order valence-electron chi connectivity index (χ3n) is 7.00. The SMILES string of the molecule is C[C@H](NC(=O)OC(C)(C)C)C(=O)N[C@@H](C)C(=O)N[C@@H](Cc1ccccc1)C(=O)N=Nc1cccc2c(O)c3ccccc3c(O)c12. The van der Waals surface area contributed by atoms with Crippen LogP contribution in [0.5, 0.6) is 11.5 Å². The Labute approximate surface area is 265 Å². The summed E-state index contributed by atoms with van der Waals surface area (Å²) in [5, 5.41) is 38.9. The van der Waals surface area contributed by atoms with Gasteiger partial charge in [-0.25, -0.2) is 4.79 Å². The molecule has 46 heavy (non-hydrogen) atoms. The van der Waals surface area contributed by atoms with Crippen LogP contribution < -0.4 is 16.0 Å². The van der Waals surface area contributed by atoms with Gasteiger partial charge in [0, 0.05) is 22.6 Å². The fraction of sp³-hybridized carbons (Fsp3) is 0.294. The van der Waals surface area contributed by atoms with E-state index in [0.717, 1.165) is 5.56 Å². The van der Waals surface area contributed by atoms with E-state index in [1.807, 2.05) is 6.07 Å². The first-order valence-electron chi connectivity index (χ1n) is 14.7. The van der Waals surface area contributed by atoms with Gasteiger partial charge < -0.3 is 30.9 Å². The molecule has 5 N–H and O–H groups in total. The third kappa shape index (κ3) is 8.14. The molecule has 0 aromatic heterocycles. The largest absolute Gasteiger partial charge is 0.507 e. The van der Waals surface area contributed by atoms with Crippen molar-refractivity contribution < 1.29 is 34.1 Å². The number of nitrogens with zero attached hydrogens (tertiary/aromatic N) is 2. The van der Waals surface area contributed by atoms with Gasteiger partial charge in [-0.3, -0.25) is 14.4 Å². The van der Waals surface area contributed by atoms with Crippen molar-refractivity contribution in [3.05, 3.63) is 78.4 Å². The van der Waals surface area contributed by atoms with Crippen molar-refractivity contribution in [3.8, 4) is 11.5 Å². The molecule has 0 bridgehead atoms. The van der Waals surface area contributed by atoms with E-state index < -0.39 is 47.5 Å². The lowest BCUT2D eigenvalue weighted by Crippen LogP contribution is -2.54. The molecule has 0 spiro atoms. The zero-order valence-corrected chi connectivity index (χ0v) is 26.2.